The molecule has 2 aromatic carbocycles. The Morgan fingerprint density at radius 3 is 2.21 bits per heavy atom. The van der Waals surface area contributed by atoms with Gasteiger partial charge in [0.25, 0.3) is 5.91 Å². The van der Waals surface area contributed by atoms with Gasteiger partial charge >= 0.3 is 6.03 Å². The fraction of sp³-hybridized carbons (Fsp3) is 0.300. The summed E-state index contributed by atoms with van der Waals surface area (Å²) >= 11 is 19.0. The number of anilines is 1. The predicted octanol–water partition coefficient (Wildman–Crippen LogP) is 6.31. The molecule has 4 nitrogen and oxygen atoms in total. The van der Waals surface area contributed by atoms with Gasteiger partial charge < -0.3 is 4.90 Å². The maximum absolute atomic E-state index is 13.5. The van der Waals surface area contributed by atoms with Crippen LogP contribution in [0.4, 0.5) is 10.5 Å². The van der Waals surface area contributed by atoms with Gasteiger partial charge in [0.15, 0.2) is 0 Å². The van der Waals surface area contributed by atoms with Crippen LogP contribution in [0.1, 0.15) is 18.9 Å². The lowest BCUT2D eigenvalue weighted by Crippen LogP contribution is -2.49. The van der Waals surface area contributed by atoms with E-state index in [1.807, 2.05) is 31.2 Å². The number of alkyl halides is 1. The van der Waals surface area contributed by atoms with Crippen molar-refractivity contribution in [3.8, 4) is 0 Å². The van der Waals surface area contributed by atoms with E-state index in [1.54, 1.807) is 23.1 Å². The van der Waals surface area contributed by atoms with Crippen LogP contribution in [0.25, 0.3) is 0 Å². The van der Waals surface area contributed by atoms with Gasteiger partial charge in [-0.1, -0.05) is 67.2 Å². The lowest BCUT2D eigenvalue weighted by molar-refractivity contribution is -0.124. The largest absolute Gasteiger partial charge is 0.332 e. The van der Waals surface area contributed by atoms with Gasteiger partial charge in [0, 0.05) is 32.8 Å². The van der Waals surface area contributed by atoms with Gasteiger partial charge in [0.05, 0.1) is 5.69 Å². The van der Waals surface area contributed by atoms with E-state index in [-0.39, 0.29) is 11.9 Å². The van der Waals surface area contributed by atoms with Gasteiger partial charge in [-0.25, -0.2) is 9.69 Å². The zero-order valence-electron chi connectivity index (χ0n) is 15.1. The number of benzene rings is 2. The number of hydrogen-bond acceptors (Lipinski definition) is 2. The maximum Gasteiger partial charge on any atom is 0.332 e. The number of nitrogens with zero attached hydrogens (tertiary/aromatic N) is 2. The molecule has 0 bridgehead atoms. The second kappa shape index (κ2) is 8.74. The molecule has 0 radical (unpaired) electrons. The molecule has 8 heteroatoms. The monoisotopic (exact) mass is 546 g/mol. The summed E-state index contributed by atoms with van der Waals surface area (Å²) in [5.41, 5.74) is 0.361. The molecule has 0 aliphatic carbocycles. The maximum atomic E-state index is 13.5. The molecular weight excluding hydrogens is 531 g/mol. The minimum atomic E-state index is -0.998. The Bertz CT molecular complexity index is 887. The first-order chi connectivity index (χ1) is 13.3. The van der Waals surface area contributed by atoms with Crippen LogP contribution in [-0.2, 0) is 11.2 Å². The number of imide groups is 1. The quantitative estimate of drug-likeness (QED) is 0.313. The molecule has 0 aromatic heterocycles. The summed E-state index contributed by atoms with van der Waals surface area (Å²) in [5.74, 6) is -0.284. The zero-order chi connectivity index (χ0) is 20.5. The molecule has 1 heterocycles. The van der Waals surface area contributed by atoms with E-state index < -0.39 is 5.54 Å². The molecule has 1 atom stereocenters. The van der Waals surface area contributed by atoms with E-state index in [2.05, 4.69) is 31.9 Å². The van der Waals surface area contributed by atoms with Crippen molar-refractivity contribution in [2.24, 2.45) is 0 Å². The average Bonchev–Trinajstić information content (AvgIpc) is 2.80. The van der Waals surface area contributed by atoms with E-state index in [0.29, 0.717) is 28.7 Å². The van der Waals surface area contributed by atoms with Gasteiger partial charge in [0.2, 0.25) is 0 Å². The van der Waals surface area contributed by atoms with Crippen molar-refractivity contribution in [3.63, 3.8) is 0 Å². The van der Waals surface area contributed by atoms with Gasteiger partial charge in [-0.3, -0.25) is 4.79 Å². The molecule has 1 fully saturated rings. The lowest BCUT2D eigenvalue weighted by Gasteiger charge is -2.31. The number of carbonyl (C=O) groups excluding carboxylic acids is 2. The molecule has 1 aliphatic heterocycles. The molecule has 0 saturated carbocycles. The normalized spacial score (nSPS) is 19.6. The Balaban J connectivity index is 2.02. The van der Waals surface area contributed by atoms with Crippen LogP contribution in [0.3, 0.4) is 0 Å². The van der Waals surface area contributed by atoms with Crippen molar-refractivity contribution in [1.29, 1.82) is 0 Å². The van der Waals surface area contributed by atoms with Crippen LogP contribution in [0.5, 0.6) is 0 Å². The minimum absolute atomic E-state index is 0.284. The topological polar surface area (TPSA) is 40.6 Å². The summed E-state index contributed by atoms with van der Waals surface area (Å²) < 4.78 is 0.960. The Morgan fingerprint density at radius 1 is 1.04 bits per heavy atom. The molecule has 2 aromatic rings. The van der Waals surface area contributed by atoms with Crippen molar-refractivity contribution in [3.05, 3.63) is 62.5 Å². The SMILES string of the molecule is CC1(Cc2ccc(Br)cc2)C(=O)N(c2cc(Cl)cc(Cl)c2)C(=O)N1CCCBr. The number of hydrogen-bond donors (Lipinski definition) is 0. The van der Waals surface area contributed by atoms with Crippen LogP contribution in [-0.4, -0.2) is 34.3 Å². The number of urea groups is 1. The second-order valence-electron chi connectivity index (χ2n) is 6.82. The predicted molar refractivity (Wildman–Crippen MR) is 121 cm³/mol. The smallest absolute Gasteiger partial charge is 0.309 e. The first-order valence-corrected chi connectivity index (χ1v) is 11.4. The first-order valence-electron chi connectivity index (χ1n) is 8.69. The standard InChI is InChI=1S/C20H18Br2Cl2N2O2/c1-20(12-13-3-5-14(22)6-4-13)18(27)26(19(28)25(20)8-2-7-21)17-10-15(23)9-16(24)11-17/h3-6,9-11H,2,7-8,12H2,1H3. The molecular formula is C20H18Br2Cl2N2O2. The van der Waals surface area contributed by atoms with Gasteiger partial charge in [-0.15, -0.1) is 0 Å². The van der Waals surface area contributed by atoms with Gasteiger partial charge in [-0.05, 0) is 49.2 Å². The molecule has 3 amide bonds. The highest BCUT2D eigenvalue weighted by atomic mass is 79.9. The van der Waals surface area contributed by atoms with Crippen LogP contribution in [0.2, 0.25) is 10.0 Å². The molecule has 28 heavy (non-hydrogen) atoms. The Morgan fingerprint density at radius 2 is 1.64 bits per heavy atom. The van der Waals surface area contributed by atoms with Crippen LogP contribution in [0.15, 0.2) is 46.9 Å². The lowest BCUT2D eigenvalue weighted by atomic mass is 9.91. The van der Waals surface area contributed by atoms with Crippen molar-refractivity contribution >= 4 is 72.7 Å². The van der Waals surface area contributed by atoms with E-state index in [9.17, 15) is 9.59 Å². The summed E-state index contributed by atoms with van der Waals surface area (Å²) in [5, 5.41) is 1.48. The Kier molecular flexibility index (Phi) is 6.75. The fourth-order valence-corrected chi connectivity index (χ4v) is 4.43. The molecule has 3 rings (SSSR count). The highest BCUT2D eigenvalue weighted by Gasteiger charge is 2.54. The first kappa shape index (κ1) is 21.6. The fourth-order valence-electron chi connectivity index (χ4n) is 3.40. The second-order valence-corrected chi connectivity index (χ2v) is 9.40. The molecule has 0 N–H and O–H groups in total. The van der Waals surface area contributed by atoms with Crippen molar-refractivity contribution in [2.45, 2.75) is 25.3 Å². The molecule has 0 spiro atoms. The number of rotatable bonds is 6. The minimum Gasteiger partial charge on any atom is -0.309 e. The summed E-state index contributed by atoms with van der Waals surface area (Å²) in [7, 11) is 0. The Labute approximate surface area is 191 Å². The number of halogens is 4. The van der Waals surface area contributed by atoms with Gasteiger partial charge in [-0.2, -0.15) is 0 Å². The van der Waals surface area contributed by atoms with Crippen molar-refractivity contribution in [1.82, 2.24) is 4.90 Å². The molecule has 1 saturated heterocycles. The van der Waals surface area contributed by atoms with E-state index in [0.717, 1.165) is 21.8 Å². The average molecular weight is 549 g/mol. The van der Waals surface area contributed by atoms with Crippen molar-refractivity contribution in [2.75, 3.05) is 16.8 Å². The molecule has 148 valence electrons. The molecule has 1 unspecified atom stereocenters. The molecule has 1 aliphatic rings. The van der Waals surface area contributed by atoms with Crippen molar-refractivity contribution < 1.29 is 9.59 Å². The Hall–Kier alpha value is -1.08. The van der Waals surface area contributed by atoms with E-state index >= 15 is 0 Å². The number of amides is 3. The van der Waals surface area contributed by atoms with Crippen LogP contribution < -0.4 is 4.90 Å². The summed E-state index contributed by atoms with van der Waals surface area (Å²) in [6, 6.07) is 12.1. The third kappa shape index (κ3) is 4.25. The third-order valence-corrected chi connectivity index (χ3v) is 6.29. The zero-order valence-corrected chi connectivity index (χ0v) is 19.8. The van der Waals surface area contributed by atoms with Crippen LogP contribution >= 0.6 is 55.1 Å². The summed E-state index contributed by atoms with van der Waals surface area (Å²) in [6.45, 7) is 2.28. The van der Waals surface area contributed by atoms with Gasteiger partial charge in [0.1, 0.15) is 5.54 Å². The van der Waals surface area contributed by atoms with E-state index in [1.165, 1.54) is 4.90 Å². The summed E-state index contributed by atoms with van der Waals surface area (Å²) in [4.78, 5) is 29.5. The number of carbonyl (C=O) groups is 2. The highest BCUT2D eigenvalue weighted by molar-refractivity contribution is 9.10. The third-order valence-electron chi connectivity index (χ3n) is 4.76. The van der Waals surface area contributed by atoms with E-state index in [4.69, 9.17) is 23.2 Å². The van der Waals surface area contributed by atoms with Crippen LogP contribution in [0, 0.1) is 0 Å². The summed E-state index contributed by atoms with van der Waals surface area (Å²) in [6.07, 6.45) is 1.15. The highest BCUT2D eigenvalue weighted by Crippen LogP contribution is 2.37.